The molecule has 2 nitrogen and oxygen atoms in total. The van der Waals surface area contributed by atoms with Crippen LogP contribution in [0.3, 0.4) is 0 Å². The van der Waals surface area contributed by atoms with Gasteiger partial charge in [-0.3, -0.25) is 0 Å². The number of rotatable bonds is 3. The molecule has 1 aromatic carbocycles. The molecule has 0 aliphatic carbocycles. The molecule has 0 aromatic heterocycles. The molecular formula is C10H15NO. The van der Waals surface area contributed by atoms with Crippen molar-refractivity contribution < 1.29 is 4.74 Å². The number of nitrogens with two attached hydrogens (primary N) is 1. The van der Waals surface area contributed by atoms with E-state index in [1.807, 2.05) is 32.0 Å². The summed E-state index contributed by atoms with van der Waals surface area (Å²) in [5, 5.41) is 0. The Bertz CT molecular complexity index is 258. The number of hydrogen-bond acceptors (Lipinski definition) is 2. The van der Waals surface area contributed by atoms with Gasteiger partial charge in [0, 0.05) is 12.1 Å². The second kappa shape index (κ2) is 4.12. The zero-order valence-electron chi connectivity index (χ0n) is 7.63. The van der Waals surface area contributed by atoms with Gasteiger partial charge >= 0.3 is 0 Å². The molecular weight excluding hydrogens is 150 g/mol. The van der Waals surface area contributed by atoms with Gasteiger partial charge in [-0.1, -0.05) is 12.1 Å². The zero-order valence-corrected chi connectivity index (χ0v) is 7.63. The average molecular weight is 165 g/mol. The van der Waals surface area contributed by atoms with Crippen molar-refractivity contribution in [2.24, 2.45) is 5.73 Å². The van der Waals surface area contributed by atoms with Crippen LogP contribution in [0, 0.1) is 6.92 Å². The SMILES string of the molecule is CCOc1cc(C)ccc1CN. The van der Waals surface area contributed by atoms with E-state index in [1.165, 1.54) is 5.56 Å². The predicted molar refractivity (Wildman–Crippen MR) is 50.2 cm³/mol. The normalized spacial score (nSPS) is 9.92. The van der Waals surface area contributed by atoms with E-state index in [2.05, 4.69) is 0 Å². The predicted octanol–water partition coefficient (Wildman–Crippen LogP) is 1.85. The summed E-state index contributed by atoms with van der Waals surface area (Å²) in [6.45, 7) is 5.25. The molecule has 0 heterocycles. The highest BCUT2D eigenvalue weighted by Crippen LogP contribution is 2.19. The summed E-state index contributed by atoms with van der Waals surface area (Å²) in [7, 11) is 0. The van der Waals surface area contributed by atoms with Crippen LogP contribution in [-0.2, 0) is 6.54 Å². The first-order valence-corrected chi connectivity index (χ1v) is 4.20. The Balaban J connectivity index is 2.95. The number of aryl methyl sites for hydroxylation is 1. The highest BCUT2D eigenvalue weighted by Gasteiger charge is 2.00. The number of hydrogen-bond donors (Lipinski definition) is 1. The molecule has 1 aromatic rings. The molecule has 0 aliphatic heterocycles. The van der Waals surface area contributed by atoms with Crippen LogP contribution in [0.4, 0.5) is 0 Å². The monoisotopic (exact) mass is 165 g/mol. The third kappa shape index (κ3) is 1.98. The van der Waals surface area contributed by atoms with Crippen molar-refractivity contribution in [1.82, 2.24) is 0 Å². The Labute approximate surface area is 73.3 Å². The van der Waals surface area contributed by atoms with Gasteiger partial charge in [0.25, 0.3) is 0 Å². The molecule has 2 heteroatoms. The fraction of sp³-hybridized carbons (Fsp3) is 0.400. The Hall–Kier alpha value is -1.02. The van der Waals surface area contributed by atoms with E-state index < -0.39 is 0 Å². The molecule has 0 saturated carbocycles. The minimum atomic E-state index is 0.537. The molecule has 0 aliphatic rings. The van der Waals surface area contributed by atoms with Crippen LogP contribution in [0.5, 0.6) is 5.75 Å². The van der Waals surface area contributed by atoms with E-state index in [0.29, 0.717) is 13.2 Å². The van der Waals surface area contributed by atoms with Gasteiger partial charge in [-0.15, -0.1) is 0 Å². The highest BCUT2D eigenvalue weighted by atomic mass is 16.5. The fourth-order valence-electron chi connectivity index (χ4n) is 1.12. The Morgan fingerprint density at radius 3 is 2.75 bits per heavy atom. The third-order valence-electron chi connectivity index (χ3n) is 1.74. The standard InChI is InChI=1S/C10H15NO/c1-3-12-10-6-8(2)4-5-9(10)7-11/h4-6H,3,7,11H2,1-2H3. The van der Waals surface area contributed by atoms with E-state index in [9.17, 15) is 0 Å². The maximum atomic E-state index is 5.55. The minimum Gasteiger partial charge on any atom is -0.494 e. The van der Waals surface area contributed by atoms with Crippen molar-refractivity contribution >= 4 is 0 Å². The van der Waals surface area contributed by atoms with Gasteiger partial charge in [0.15, 0.2) is 0 Å². The zero-order chi connectivity index (χ0) is 8.97. The van der Waals surface area contributed by atoms with Crippen molar-refractivity contribution in [3.8, 4) is 5.75 Å². The summed E-state index contributed by atoms with van der Waals surface area (Å²) in [6.07, 6.45) is 0. The van der Waals surface area contributed by atoms with Crippen LogP contribution < -0.4 is 10.5 Å². The average Bonchev–Trinajstić information content (AvgIpc) is 2.05. The van der Waals surface area contributed by atoms with Crippen molar-refractivity contribution in [1.29, 1.82) is 0 Å². The van der Waals surface area contributed by atoms with E-state index in [4.69, 9.17) is 10.5 Å². The molecule has 0 unspecified atom stereocenters. The molecule has 0 radical (unpaired) electrons. The summed E-state index contributed by atoms with van der Waals surface area (Å²) in [6, 6.07) is 6.08. The summed E-state index contributed by atoms with van der Waals surface area (Å²) < 4.78 is 5.43. The van der Waals surface area contributed by atoms with Crippen molar-refractivity contribution in [2.75, 3.05) is 6.61 Å². The third-order valence-corrected chi connectivity index (χ3v) is 1.74. The summed E-state index contributed by atoms with van der Waals surface area (Å²) in [5.74, 6) is 0.917. The van der Waals surface area contributed by atoms with E-state index in [1.54, 1.807) is 0 Å². The van der Waals surface area contributed by atoms with Crippen LogP contribution in [0.1, 0.15) is 18.1 Å². The second-order valence-corrected chi connectivity index (χ2v) is 2.75. The molecule has 0 fully saturated rings. The van der Waals surface area contributed by atoms with Crippen LogP contribution in [-0.4, -0.2) is 6.61 Å². The Morgan fingerprint density at radius 1 is 1.42 bits per heavy atom. The maximum Gasteiger partial charge on any atom is 0.124 e. The highest BCUT2D eigenvalue weighted by molar-refractivity contribution is 5.36. The van der Waals surface area contributed by atoms with Crippen molar-refractivity contribution in [3.63, 3.8) is 0 Å². The van der Waals surface area contributed by atoms with Gasteiger partial charge in [0.1, 0.15) is 5.75 Å². The molecule has 0 atom stereocenters. The second-order valence-electron chi connectivity index (χ2n) is 2.75. The van der Waals surface area contributed by atoms with E-state index in [0.717, 1.165) is 11.3 Å². The van der Waals surface area contributed by atoms with Crippen LogP contribution in [0.2, 0.25) is 0 Å². The lowest BCUT2D eigenvalue weighted by Crippen LogP contribution is -2.02. The molecule has 0 bridgehead atoms. The van der Waals surface area contributed by atoms with Crippen molar-refractivity contribution in [2.45, 2.75) is 20.4 Å². The Morgan fingerprint density at radius 2 is 2.17 bits per heavy atom. The van der Waals surface area contributed by atoms with Gasteiger partial charge in [0.05, 0.1) is 6.61 Å². The van der Waals surface area contributed by atoms with Gasteiger partial charge in [0.2, 0.25) is 0 Å². The van der Waals surface area contributed by atoms with Gasteiger partial charge in [-0.05, 0) is 25.5 Å². The van der Waals surface area contributed by atoms with E-state index >= 15 is 0 Å². The smallest absolute Gasteiger partial charge is 0.124 e. The molecule has 66 valence electrons. The molecule has 1 rings (SSSR count). The minimum absolute atomic E-state index is 0.537. The van der Waals surface area contributed by atoms with E-state index in [-0.39, 0.29) is 0 Å². The molecule has 2 N–H and O–H groups in total. The first kappa shape index (κ1) is 9.07. The fourth-order valence-corrected chi connectivity index (χ4v) is 1.12. The van der Waals surface area contributed by atoms with Gasteiger partial charge in [-0.25, -0.2) is 0 Å². The molecule has 12 heavy (non-hydrogen) atoms. The first-order valence-electron chi connectivity index (χ1n) is 4.20. The topological polar surface area (TPSA) is 35.2 Å². The summed E-state index contributed by atoms with van der Waals surface area (Å²) in [5.41, 5.74) is 7.83. The van der Waals surface area contributed by atoms with Crippen LogP contribution >= 0.6 is 0 Å². The lowest BCUT2D eigenvalue weighted by Gasteiger charge is -2.08. The van der Waals surface area contributed by atoms with Crippen LogP contribution in [0.15, 0.2) is 18.2 Å². The summed E-state index contributed by atoms with van der Waals surface area (Å²) >= 11 is 0. The number of ether oxygens (including phenoxy) is 1. The quantitative estimate of drug-likeness (QED) is 0.741. The lowest BCUT2D eigenvalue weighted by molar-refractivity contribution is 0.336. The lowest BCUT2D eigenvalue weighted by atomic mass is 10.1. The first-order chi connectivity index (χ1) is 5.77. The number of benzene rings is 1. The largest absolute Gasteiger partial charge is 0.494 e. The Kier molecular flexibility index (Phi) is 3.11. The van der Waals surface area contributed by atoms with Gasteiger partial charge < -0.3 is 10.5 Å². The molecule has 0 spiro atoms. The molecule has 0 saturated heterocycles. The van der Waals surface area contributed by atoms with Crippen molar-refractivity contribution in [3.05, 3.63) is 29.3 Å². The maximum absolute atomic E-state index is 5.55. The van der Waals surface area contributed by atoms with Crippen LogP contribution in [0.25, 0.3) is 0 Å². The van der Waals surface area contributed by atoms with Gasteiger partial charge in [-0.2, -0.15) is 0 Å². The summed E-state index contributed by atoms with van der Waals surface area (Å²) in [4.78, 5) is 0. The molecule has 0 amide bonds.